The zero-order valence-electron chi connectivity index (χ0n) is 19.3. The van der Waals surface area contributed by atoms with Crippen molar-refractivity contribution in [2.24, 2.45) is 4.99 Å². The fourth-order valence-electron chi connectivity index (χ4n) is 3.87. The van der Waals surface area contributed by atoms with Gasteiger partial charge in [-0.25, -0.2) is 9.79 Å². The first-order valence-electron chi connectivity index (χ1n) is 11.4. The highest BCUT2D eigenvalue weighted by Crippen LogP contribution is 2.38. The van der Waals surface area contributed by atoms with Crippen LogP contribution in [-0.2, 0) is 16.1 Å². The highest BCUT2D eigenvalue weighted by molar-refractivity contribution is 9.10. The third-order valence-electron chi connectivity index (χ3n) is 5.52. The summed E-state index contributed by atoms with van der Waals surface area (Å²) in [6, 6.07) is 25.0. The Labute approximate surface area is 222 Å². The Morgan fingerprint density at radius 3 is 2.61 bits per heavy atom. The molecule has 4 aromatic carbocycles. The Morgan fingerprint density at radius 2 is 1.81 bits per heavy atom. The molecule has 0 unspecified atom stereocenters. The fraction of sp³-hybridized carbons (Fsp3) is 0.103. The van der Waals surface area contributed by atoms with Gasteiger partial charge in [0, 0.05) is 10.6 Å². The number of hydrogen-bond acceptors (Lipinski definition) is 5. The molecule has 0 spiro atoms. The summed E-state index contributed by atoms with van der Waals surface area (Å²) in [5, 5.41) is 2.80. The first kappa shape index (κ1) is 24.1. The second-order valence-electron chi connectivity index (χ2n) is 8.08. The van der Waals surface area contributed by atoms with Crippen LogP contribution in [0.4, 0.5) is 0 Å². The summed E-state index contributed by atoms with van der Waals surface area (Å²) in [4.78, 5) is 17.1. The molecule has 1 aliphatic rings. The number of halogens is 2. The minimum absolute atomic E-state index is 0.208. The lowest BCUT2D eigenvalue weighted by Gasteiger charge is -2.15. The number of benzene rings is 4. The van der Waals surface area contributed by atoms with Crippen LogP contribution in [0, 0.1) is 0 Å². The van der Waals surface area contributed by atoms with Crippen LogP contribution in [0.25, 0.3) is 16.8 Å². The molecule has 4 aromatic rings. The summed E-state index contributed by atoms with van der Waals surface area (Å²) in [5.41, 5.74) is 2.61. The number of carbonyl (C=O) groups is 1. The summed E-state index contributed by atoms with van der Waals surface area (Å²) in [5.74, 6) is 0.885. The molecule has 0 bridgehead atoms. The molecular weight excluding hydrogens is 542 g/mol. The van der Waals surface area contributed by atoms with E-state index in [9.17, 15) is 4.79 Å². The van der Waals surface area contributed by atoms with Gasteiger partial charge in [0.15, 0.2) is 17.2 Å². The number of rotatable bonds is 7. The van der Waals surface area contributed by atoms with Crippen molar-refractivity contribution in [3.8, 4) is 11.5 Å². The molecule has 0 aliphatic carbocycles. The number of esters is 1. The Bertz CT molecular complexity index is 1530. The van der Waals surface area contributed by atoms with E-state index in [1.54, 1.807) is 6.08 Å². The maximum Gasteiger partial charge on any atom is 0.363 e. The lowest BCUT2D eigenvalue weighted by molar-refractivity contribution is -0.129. The van der Waals surface area contributed by atoms with Gasteiger partial charge in [0.1, 0.15) is 6.61 Å². The Hall–Kier alpha value is -3.61. The number of ether oxygens (including phenoxy) is 3. The number of nitrogens with zero attached hydrogens (tertiary/aromatic N) is 1. The van der Waals surface area contributed by atoms with Crippen LogP contribution < -0.4 is 9.47 Å². The topological polar surface area (TPSA) is 57.1 Å². The molecule has 0 saturated heterocycles. The van der Waals surface area contributed by atoms with Crippen molar-refractivity contribution in [1.29, 1.82) is 0 Å². The van der Waals surface area contributed by atoms with Gasteiger partial charge in [-0.05, 0) is 87.2 Å². The van der Waals surface area contributed by atoms with Gasteiger partial charge < -0.3 is 14.2 Å². The molecule has 0 amide bonds. The van der Waals surface area contributed by atoms with Crippen molar-refractivity contribution < 1.29 is 19.0 Å². The van der Waals surface area contributed by atoms with E-state index in [1.807, 2.05) is 85.8 Å². The third kappa shape index (κ3) is 5.30. The van der Waals surface area contributed by atoms with Crippen molar-refractivity contribution in [3.05, 3.63) is 111 Å². The molecule has 0 aromatic heterocycles. The molecular formula is C29H21BrClNO4. The monoisotopic (exact) mass is 561 g/mol. The molecule has 5 nitrogen and oxygen atoms in total. The molecule has 1 heterocycles. The quantitative estimate of drug-likeness (QED) is 0.172. The summed E-state index contributed by atoms with van der Waals surface area (Å²) in [6.07, 6.45) is 1.67. The Balaban J connectivity index is 1.42. The van der Waals surface area contributed by atoms with E-state index < -0.39 is 5.97 Å². The molecule has 7 heteroatoms. The maximum atomic E-state index is 12.6. The second-order valence-corrected chi connectivity index (χ2v) is 9.37. The van der Waals surface area contributed by atoms with Crippen molar-refractivity contribution in [1.82, 2.24) is 0 Å². The van der Waals surface area contributed by atoms with Crippen LogP contribution in [0.15, 0.2) is 94.0 Å². The van der Waals surface area contributed by atoms with Crippen LogP contribution in [0.5, 0.6) is 11.5 Å². The van der Waals surface area contributed by atoms with E-state index >= 15 is 0 Å². The lowest BCUT2D eigenvalue weighted by atomic mass is 10.1. The predicted octanol–water partition coefficient (Wildman–Crippen LogP) is 7.58. The van der Waals surface area contributed by atoms with E-state index in [0.717, 1.165) is 27.5 Å². The Morgan fingerprint density at radius 1 is 0.972 bits per heavy atom. The highest BCUT2D eigenvalue weighted by atomic mass is 79.9. The molecule has 1 aliphatic heterocycles. The standard InChI is InChI=1S/C29H21BrClNO4/c1-2-34-26-15-19(13-24(30)27(26)35-17-18-6-5-9-23(31)12-18)14-25-29(33)36-28(32-25)22-11-10-20-7-3-4-8-21(20)16-22/h3-16H,2,17H2,1H3/b25-14+. The molecule has 0 saturated carbocycles. The van der Waals surface area contributed by atoms with E-state index in [2.05, 4.69) is 20.9 Å². The van der Waals surface area contributed by atoms with Gasteiger partial charge in [-0.1, -0.05) is 54.1 Å². The number of carbonyl (C=O) groups excluding carboxylic acids is 1. The van der Waals surface area contributed by atoms with Crippen LogP contribution in [-0.4, -0.2) is 18.5 Å². The van der Waals surface area contributed by atoms with Gasteiger partial charge in [0.05, 0.1) is 11.1 Å². The number of hydrogen-bond donors (Lipinski definition) is 0. The van der Waals surface area contributed by atoms with E-state index in [1.165, 1.54) is 0 Å². The molecule has 0 atom stereocenters. The zero-order valence-corrected chi connectivity index (χ0v) is 21.7. The van der Waals surface area contributed by atoms with Gasteiger partial charge in [-0.2, -0.15) is 0 Å². The molecule has 0 radical (unpaired) electrons. The van der Waals surface area contributed by atoms with Crippen LogP contribution in [0.3, 0.4) is 0 Å². The molecule has 5 rings (SSSR count). The number of aliphatic imine (C=N–C) groups is 1. The van der Waals surface area contributed by atoms with Gasteiger partial charge >= 0.3 is 5.97 Å². The highest BCUT2D eigenvalue weighted by Gasteiger charge is 2.25. The third-order valence-corrected chi connectivity index (χ3v) is 6.35. The zero-order chi connectivity index (χ0) is 25.1. The Kier molecular flexibility index (Phi) is 7.07. The van der Waals surface area contributed by atoms with E-state index in [0.29, 0.717) is 34.2 Å². The SMILES string of the molecule is CCOc1cc(/C=C2/N=C(c3ccc4ccccc4c3)OC2=O)cc(Br)c1OCc1cccc(Cl)c1. The van der Waals surface area contributed by atoms with Crippen LogP contribution in [0.2, 0.25) is 5.02 Å². The molecule has 0 fully saturated rings. The van der Waals surface area contributed by atoms with E-state index in [4.69, 9.17) is 25.8 Å². The second kappa shape index (κ2) is 10.6. The van der Waals surface area contributed by atoms with Gasteiger partial charge in [0.25, 0.3) is 0 Å². The summed E-state index contributed by atoms with van der Waals surface area (Å²) in [7, 11) is 0. The summed E-state index contributed by atoms with van der Waals surface area (Å²) in [6.45, 7) is 2.67. The largest absolute Gasteiger partial charge is 0.490 e. The average Bonchev–Trinajstić information content (AvgIpc) is 3.23. The first-order chi connectivity index (χ1) is 17.5. The minimum Gasteiger partial charge on any atom is -0.490 e. The molecule has 0 N–H and O–H groups in total. The normalized spacial score (nSPS) is 14.1. The molecule has 36 heavy (non-hydrogen) atoms. The van der Waals surface area contributed by atoms with Crippen molar-refractivity contribution in [2.75, 3.05) is 6.61 Å². The van der Waals surface area contributed by atoms with Gasteiger partial charge in [-0.15, -0.1) is 0 Å². The predicted molar refractivity (Wildman–Crippen MR) is 146 cm³/mol. The van der Waals surface area contributed by atoms with Crippen molar-refractivity contribution in [3.63, 3.8) is 0 Å². The van der Waals surface area contributed by atoms with Crippen LogP contribution in [0.1, 0.15) is 23.6 Å². The maximum absolute atomic E-state index is 12.6. The summed E-state index contributed by atoms with van der Waals surface area (Å²) >= 11 is 9.66. The van der Waals surface area contributed by atoms with Crippen molar-refractivity contribution in [2.45, 2.75) is 13.5 Å². The first-order valence-corrected chi connectivity index (χ1v) is 12.5. The molecule has 180 valence electrons. The fourth-order valence-corrected chi connectivity index (χ4v) is 4.66. The minimum atomic E-state index is -0.506. The average molecular weight is 563 g/mol. The number of fused-ring (bicyclic) bond motifs is 1. The number of cyclic esters (lactones) is 1. The smallest absolute Gasteiger partial charge is 0.363 e. The van der Waals surface area contributed by atoms with Gasteiger partial charge in [-0.3, -0.25) is 0 Å². The lowest BCUT2D eigenvalue weighted by Crippen LogP contribution is -2.05. The van der Waals surface area contributed by atoms with Crippen LogP contribution >= 0.6 is 27.5 Å². The van der Waals surface area contributed by atoms with Gasteiger partial charge in [0.2, 0.25) is 5.90 Å². The van der Waals surface area contributed by atoms with E-state index in [-0.39, 0.29) is 11.6 Å². The summed E-state index contributed by atoms with van der Waals surface area (Å²) < 4.78 is 18.0. The van der Waals surface area contributed by atoms with Crippen molar-refractivity contribution >= 4 is 56.2 Å².